The maximum absolute atomic E-state index is 13.2. The number of methoxy groups -OCH3 is 1. The quantitative estimate of drug-likeness (QED) is 0.408. The Labute approximate surface area is 189 Å². The number of nitriles is 1. The van der Waals surface area contributed by atoms with E-state index in [2.05, 4.69) is 11.1 Å². The van der Waals surface area contributed by atoms with E-state index in [0.717, 1.165) is 12.8 Å². The van der Waals surface area contributed by atoms with Gasteiger partial charge in [-0.25, -0.2) is 4.98 Å². The fourth-order valence-electron chi connectivity index (χ4n) is 3.61. The van der Waals surface area contributed by atoms with E-state index in [1.165, 1.54) is 13.2 Å². The van der Waals surface area contributed by atoms with Crippen LogP contribution in [0.5, 0.6) is 17.2 Å². The summed E-state index contributed by atoms with van der Waals surface area (Å²) in [4.78, 5) is 17.2. The number of carbonyl (C=O) groups excluding carboxylic acids is 1. The smallest absolute Gasteiger partial charge is 0.387 e. The van der Waals surface area contributed by atoms with Crippen LogP contribution in [0.15, 0.2) is 36.7 Å². The number of benzene rings is 1. The van der Waals surface area contributed by atoms with Crippen LogP contribution in [-0.4, -0.2) is 34.5 Å². The van der Waals surface area contributed by atoms with Crippen LogP contribution in [0.2, 0.25) is 0 Å². The van der Waals surface area contributed by atoms with Crippen LogP contribution in [0.4, 0.5) is 8.78 Å². The van der Waals surface area contributed by atoms with E-state index in [-0.39, 0.29) is 35.2 Å². The monoisotopic (exact) mass is 455 g/mol. The summed E-state index contributed by atoms with van der Waals surface area (Å²) in [6.07, 6.45) is 5.45. The second-order valence-corrected chi connectivity index (χ2v) is 8.46. The zero-order valence-electron chi connectivity index (χ0n) is 18.5. The molecular weight excluding hydrogens is 432 g/mol. The van der Waals surface area contributed by atoms with Crippen molar-refractivity contribution < 1.29 is 27.8 Å². The molecule has 0 unspecified atom stereocenters. The van der Waals surface area contributed by atoms with Gasteiger partial charge in [0.25, 0.3) is 0 Å². The van der Waals surface area contributed by atoms with Crippen molar-refractivity contribution >= 4 is 11.4 Å². The Balaban J connectivity index is 1.76. The zero-order valence-corrected chi connectivity index (χ0v) is 18.5. The number of imidazole rings is 1. The van der Waals surface area contributed by atoms with Crippen molar-refractivity contribution in [2.45, 2.75) is 45.3 Å². The molecule has 1 aromatic carbocycles. The van der Waals surface area contributed by atoms with E-state index in [0.29, 0.717) is 22.7 Å². The van der Waals surface area contributed by atoms with Gasteiger partial charge in [-0.1, -0.05) is 0 Å². The number of nitrogens with zero attached hydrogens (tertiary/aromatic N) is 3. The first kappa shape index (κ1) is 22.5. The van der Waals surface area contributed by atoms with Gasteiger partial charge in [0.2, 0.25) is 0 Å². The second kappa shape index (κ2) is 8.70. The van der Waals surface area contributed by atoms with Gasteiger partial charge in [-0.2, -0.15) is 14.0 Å². The minimum Gasteiger partial charge on any atom is -0.496 e. The third-order valence-corrected chi connectivity index (χ3v) is 5.37. The van der Waals surface area contributed by atoms with Gasteiger partial charge in [0.05, 0.1) is 19.0 Å². The fraction of sp³-hybridized carbons (Fsp3) is 0.375. The SMILES string of the molecule is COc1cc(-c2cnc3cc(OC(C)(C)C#N)ccn23)cc(OC(F)F)c1C(=O)CC1CC1. The van der Waals surface area contributed by atoms with Gasteiger partial charge in [0.1, 0.15) is 34.5 Å². The van der Waals surface area contributed by atoms with Crippen LogP contribution in [0.25, 0.3) is 16.9 Å². The number of hydrogen-bond donors (Lipinski definition) is 0. The van der Waals surface area contributed by atoms with Crippen molar-refractivity contribution in [2.75, 3.05) is 7.11 Å². The highest BCUT2D eigenvalue weighted by Gasteiger charge is 2.30. The summed E-state index contributed by atoms with van der Waals surface area (Å²) in [7, 11) is 1.38. The number of Topliss-reactive ketones (excluding diaryl/α,β-unsaturated/α-hetero) is 1. The first-order valence-electron chi connectivity index (χ1n) is 10.5. The Morgan fingerprint density at radius 3 is 2.67 bits per heavy atom. The summed E-state index contributed by atoms with van der Waals surface area (Å²) in [5.74, 6) is 0.403. The topological polar surface area (TPSA) is 85.8 Å². The molecule has 9 heteroatoms. The number of fused-ring (bicyclic) bond motifs is 1. The van der Waals surface area contributed by atoms with Crippen LogP contribution in [0, 0.1) is 17.2 Å². The largest absolute Gasteiger partial charge is 0.496 e. The number of carbonyl (C=O) groups is 1. The first-order valence-corrected chi connectivity index (χ1v) is 10.5. The molecule has 7 nitrogen and oxygen atoms in total. The molecule has 33 heavy (non-hydrogen) atoms. The predicted octanol–water partition coefficient (Wildman–Crippen LogP) is 5.28. The molecular formula is C24H23F2N3O4. The molecule has 0 amide bonds. The number of pyridine rings is 1. The van der Waals surface area contributed by atoms with Crippen LogP contribution in [0.1, 0.15) is 43.5 Å². The lowest BCUT2D eigenvalue weighted by Gasteiger charge is -2.18. The molecule has 1 saturated carbocycles. The number of rotatable bonds is 9. The Hall–Kier alpha value is -3.67. The van der Waals surface area contributed by atoms with Crippen molar-refractivity contribution in [3.8, 4) is 34.6 Å². The summed E-state index contributed by atoms with van der Waals surface area (Å²) in [6.45, 7) is 0.205. The van der Waals surface area contributed by atoms with E-state index in [1.807, 2.05) is 0 Å². The second-order valence-electron chi connectivity index (χ2n) is 8.46. The van der Waals surface area contributed by atoms with Gasteiger partial charge < -0.3 is 14.2 Å². The van der Waals surface area contributed by atoms with Crippen molar-refractivity contribution in [1.82, 2.24) is 9.38 Å². The average Bonchev–Trinajstić information content (AvgIpc) is 3.47. The Bertz CT molecular complexity index is 1240. The minimum atomic E-state index is -3.09. The maximum Gasteiger partial charge on any atom is 0.387 e. The number of ketones is 1. The number of alkyl halides is 2. The number of ether oxygens (including phenoxy) is 3. The van der Waals surface area contributed by atoms with Crippen LogP contribution in [0.3, 0.4) is 0 Å². The Kier molecular flexibility index (Phi) is 5.93. The molecule has 2 heterocycles. The molecule has 4 rings (SSSR count). The fourth-order valence-corrected chi connectivity index (χ4v) is 3.61. The number of halogens is 2. The molecule has 0 radical (unpaired) electrons. The minimum absolute atomic E-state index is 0.0247. The molecule has 0 saturated heterocycles. The molecule has 172 valence electrons. The third-order valence-electron chi connectivity index (χ3n) is 5.37. The van der Waals surface area contributed by atoms with E-state index in [4.69, 9.17) is 14.2 Å². The van der Waals surface area contributed by atoms with Crippen molar-refractivity contribution in [3.63, 3.8) is 0 Å². The molecule has 0 N–H and O–H groups in total. The van der Waals surface area contributed by atoms with Gasteiger partial charge >= 0.3 is 6.61 Å². The van der Waals surface area contributed by atoms with E-state index in [1.54, 1.807) is 48.8 Å². The maximum atomic E-state index is 13.2. The summed E-state index contributed by atoms with van der Waals surface area (Å²) >= 11 is 0. The molecule has 2 aromatic heterocycles. The van der Waals surface area contributed by atoms with Gasteiger partial charge in [-0.15, -0.1) is 0 Å². The van der Waals surface area contributed by atoms with Gasteiger partial charge in [-0.3, -0.25) is 9.20 Å². The van der Waals surface area contributed by atoms with Gasteiger partial charge in [0.15, 0.2) is 11.4 Å². The van der Waals surface area contributed by atoms with E-state index < -0.39 is 12.2 Å². The molecule has 1 aliphatic rings. The number of aromatic nitrogens is 2. The molecule has 0 atom stereocenters. The molecule has 3 aromatic rings. The Morgan fingerprint density at radius 1 is 1.30 bits per heavy atom. The standard InChI is InChI=1S/C24H23F2N3O4/c1-24(2,13-27)33-16-6-7-29-17(12-28-21(29)11-16)15-9-19(31-3)22(18(30)8-14-4-5-14)20(10-15)32-23(25)26/h6-7,9-12,14,23H,4-5,8H2,1-3H3. The summed E-state index contributed by atoms with van der Waals surface area (Å²) in [5, 5.41) is 9.18. The third kappa shape index (κ3) is 4.90. The van der Waals surface area contributed by atoms with E-state index >= 15 is 0 Å². The zero-order chi connectivity index (χ0) is 23.8. The average molecular weight is 455 g/mol. The van der Waals surface area contributed by atoms with Gasteiger partial charge in [-0.05, 0) is 50.8 Å². The highest BCUT2D eigenvalue weighted by molar-refractivity contribution is 6.02. The predicted molar refractivity (Wildman–Crippen MR) is 116 cm³/mol. The lowest BCUT2D eigenvalue weighted by Crippen LogP contribution is -2.25. The highest BCUT2D eigenvalue weighted by atomic mass is 19.3. The lowest BCUT2D eigenvalue weighted by molar-refractivity contribution is -0.0502. The lowest BCUT2D eigenvalue weighted by atomic mass is 10.00. The summed E-state index contributed by atoms with van der Waals surface area (Å²) in [5.41, 5.74) is 0.613. The summed E-state index contributed by atoms with van der Waals surface area (Å²) in [6, 6.07) is 8.44. The van der Waals surface area contributed by atoms with Crippen molar-refractivity contribution in [3.05, 3.63) is 42.2 Å². The van der Waals surface area contributed by atoms with Crippen molar-refractivity contribution in [2.24, 2.45) is 5.92 Å². The number of hydrogen-bond acceptors (Lipinski definition) is 6. The van der Waals surface area contributed by atoms with Crippen LogP contribution >= 0.6 is 0 Å². The van der Waals surface area contributed by atoms with E-state index in [9.17, 15) is 18.8 Å². The highest BCUT2D eigenvalue weighted by Crippen LogP contribution is 2.40. The molecule has 1 fully saturated rings. The first-order chi connectivity index (χ1) is 15.7. The van der Waals surface area contributed by atoms with Crippen LogP contribution in [-0.2, 0) is 0 Å². The molecule has 0 bridgehead atoms. The van der Waals surface area contributed by atoms with Gasteiger partial charge in [0, 0.05) is 24.2 Å². The van der Waals surface area contributed by atoms with Crippen molar-refractivity contribution in [1.29, 1.82) is 5.26 Å². The Morgan fingerprint density at radius 2 is 2.03 bits per heavy atom. The molecule has 0 aliphatic heterocycles. The summed E-state index contributed by atoms with van der Waals surface area (Å²) < 4.78 is 43.9. The molecule has 0 spiro atoms. The normalized spacial score (nSPS) is 13.7. The molecule has 1 aliphatic carbocycles. The van der Waals surface area contributed by atoms with Crippen LogP contribution < -0.4 is 14.2 Å².